The maximum absolute atomic E-state index is 11.1. The lowest BCUT2D eigenvalue weighted by Crippen LogP contribution is -2.32. The molecular formula is C21H26N2O2. The molecule has 0 aliphatic heterocycles. The second-order valence-electron chi connectivity index (χ2n) is 6.64. The first-order valence-corrected chi connectivity index (χ1v) is 9.06. The lowest BCUT2D eigenvalue weighted by Gasteiger charge is -2.27. The van der Waals surface area contributed by atoms with Gasteiger partial charge >= 0.3 is 0 Å². The van der Waals surface area contributed by atoms with Crippen molar-refractivity contribution in [1.82, 2.24) is 4.90 Å². The molecule has 1 saturated carbocycles. The van der Waals surface area contributed by atoms with Crippen LogP contribution in [-0.2, 0) is 6.54 Å². The number of amides is 1. The standard InChI is InChI=1S/C21H26N2O2/c1-2-23(18-5-3-4-6-18)15-16-7-11-19(12-8-16)25-20-13-9-17(10-14-20)21(22)24/h7-14,18H,2-6,15H2,1H3,(H2,22,24). The van der Waals surface area contributed by atoms with E-state index >= 15 is 0 Å². The summed E-state index contributed by atoms with van der Waals surface area (Å²) in [6.45, 7) is 4.33. The Morgan fingerprint density at radius 3 is 2.12 bits per heavy atom. The van der Waals surface area contributed by atoms with E-state index in [0.717, 1.165) is 24.9 Å². The van der Waals surface area contributed by atoms with Crippen LogP contribution in [0.1, 0.15) is 48.5 Å². The molecule has 0 atom stereocenters. The molecule has 1 amide bonds. The fraction of sp³-hybridized carbons (Fsp3) is 0.381. The van der Waals surface area contributed by atoms with Gasteiger partial charge in [0.15, 0.2) is 0 Å². The van der Waals surface area contributed by atoms with Crippen molar-refractivity contribution in [3.8, 4) is 11.5 Å². The second-order valence-corrected chi connectivity index (χ2v) is 6.64. The summed E-state index contributed by atoms with van der Waals surface area (Å²) in [6, 6.07) is 15.9. The fourth-order valence-electron chi connectivity index (χ4n) is 3.49. The molecular weight excluding hydrogens is 312 g/mol. The topological polar surface area (TPSA) is 55.6 Å². The molecule has 2 aromatic carbocycles. The largest absolute Gasteiger partial charge is 0.457 e. The molecule has 3 rings (SSSR count). The van der Waals surface area contributed by atoms with Gasteiger partial charge in [0, 0.05) is 18.2 Å². The van der Waals surface area contributed by atoms with E-state index in [4.69, 9.17) is 10.5 Å². The average molecular weight is 338 g/mol. The number of rotatable bonds is 7. The quantitative estimate of drug-likeness (QED) is 0.817. The summed E-state index contributed by atoms with van der Waals surface area (Å²) in [5.74, 6) is 1.05. The van der Waals surface area contributed by atoms with Gasteiger partial charge < -0.3 is 10.5 Å². The van der Waals surface area contributed by atoms with Crippen molar-refractivity contribution in [3.05, 3.63) is 59.7 Å². The van der Waals surface area contributed by atoms with Gasteiger partial charge in [0.25, 0.3) is 0 Å². The zero-order valence-corrected chi connectivity index (χ0v) is 14.8. The van der Waals surface area contributed by atoms with Crippen molar-refractivity contribution in [2.45, 2.75) is 45.2 Å². The second kappa shape index (κ2) is 8.17. The Balaban J connectivity index is 1.60. The highest BCUT2D eigenvalue weighted by molar-refractivity contribution is 5.92. The summed E-state index contributed by atoms with van der Waals surface area (Å²) in [5.41, 5.74) is 7.04. The van der Waals surface area contributed by atoms with Crippen LogP contribution in [-0.4, -0.2) is 23.4 Å². The Labute approximate surface area is 149 Å². The maximum atomic E-state index is 11.1. The van der Waals surface area contributed by atoms with Gasteiger partial charge in [-0.15, -0.1) is 0 Å². The minimum absolute atomic E-state index is 0.432. The van der Waals surface area contributed by atoms with Crippen molar-refractivity contribution < 1.29 is 9.53 Å². The molecule has 1 aliphatic carbocycles. The highest BCUT2D eigenvalue weighted by atomic mass is 16.5. The highest BCUT2D eigenvalue weighted by Crippen LogP contribution is 2.26. The molecule has 2 N–H and O–H groups in total. The summed E-state index contributed by atoms with van der Waals surface area (Å²) in [5, 5.41) is 0. The Bertz CT molecular complexity index is 689. The molecule has 0 saturated heterocycles. The number of nitrogens with two attached hydrogens (primary N) is 1. The van der Waals surface area contributed by atoms with E-state index in [9.17, 15) is 4.79 Å². The number of ether oxygens (including phenoxy) is 1. The van der Waals surface area contributed by atoms with Crippen molar-refractivity contribution in [2.75, 3.05) is 6.54 Å². The van der Waals surface area contributed by atoms with E-state index in [2.05, 4.69) is 24.0 Å². The van der Waals surface area contributed by atoms with Gasteiger partial charge in [-0.05, 0) is 61.3 Å². The average Bonchev–Trinajstić information content (AvgIpc) is 3.16. The summed E-state index contributed by atoms with van der Waals surface area (Å²) >= 11 is 0. The van der Waals surface area contributed by atoms with Gasteiger partial charge in [-0.1, -0.05) is 31.9 Å². The molecule has 1 fully saturated rings. The third-order valence-electron chi connectivity index (χ3n) is 4.93. The molecule has 132 valence electrons. The van der Waals surface area contributed by atoms with E-state index in [1.54, 1.807) is 24.3 Å². The van der Waals surface area contributed by atoms with Crippen LogP contribution >= 0.6 is 0 Å². The third-order valence-corrected chi connectivity index (χ3v) is 4.93. The Kier molecular flexibility index (Phi) is 5.71. The first kappa shape index (κ1) is 17.5. The molecule has 4 heteroatoms. The molecule has 0 spiro atoms. The zero-order valence-electron chi connectivity index (χ0n) is 14.8. The SMILES string of the molecule is CCN(Cc1ccc(Oc2ccc(C(N)=O)cc2)cc1)C1CCCC1. The number of hydrogen-bond donors (Lipinski definition) is 1. The first-order chi connectivity index (χ1) is 12.2. The van der Waals surface area contributed by atoms with Gasteiger partial charge in [0.2, 0.25) is 5.91 Å². The van der Waals surface area contributed by atoms with Crippen LogP contribution in [0, 0.1) is 0 Å². The zero-order chi connectivity index (χ0) is 17.6. The van der Waals surface area contributed by atoms with Crippen LogP contribution in [0.5, 0.6) is 11.5 Å². The summed E-state index contributed by atoms with van der Waals surface area (Å²) in [7, 11) is 0. The van der Waals surface area contributed by atoms with Crippen molar-refractivity contribution >= 4 is 5.91 Å². The van der Waals surface area contributed by atoms with Crippen LogP contribution in [0.3, 0.4) is 0 Å². The van der Waals surface area contributed by atoms with E-state index in [1.165, 1.54) is 31.2 Å². The van der Waals surface area contributed by atoms with Gasteiger partial charge in [0.05, 0.1) is 0 Å². The Hall–Kier alpha value is -2.33. The highest BCUT2D eigenvalue weighted by Gasteiger charge is 2.21. The van der Waals surface area contributed by atoms with Crippen LogP contribution in [0.2, 0.25) is 0 Å². The number of hydrogen-bond acceptors (Lipinski definition) is 3. The summed E-state index contributed by atoms with van der Waals surface area (Å²) < 4.78 is 5.83. The summed E-state index contributed by atoms with van der Waals surface area (Å²) in [6.07, 6.45) is 5.39. The predicted octanol–water partition coefficient (Wildman–Crippen LogP) is 4.34. The maximum Gasteiger partial charge on any atom is 0.248 e. The molecule has 4 nitrogen and oxygen atoms in total. The molecule has 0 bridgehead atoms. The van der Waals surface area contributed by atoms with E-state index in [0.29, 0.717) is 11.3 Å². The van der Waals surface area contributed by atoms with Crippen molar-refractivity contribution in [3.63, 3.8) is 0 Å². The molecule has 1 aliphatic rings. The van der Waals surface area contributed by atoms with Gasteiger partial charge in [-0.2, -0.15) is 0 Å². The van der Waals surface area contributed by atoms with E-state index < -0.39 is 5.91 Å². The Morgan fingerprint density at radius 1 is 1.04 bits per heavy atom. The predicted molar refractivity (Wildman–Crippen MR) is 99.8 cm³/mol. The minimum Gasteiger partial charge on any atom is -0.457 e. The normalized spacial score (nSPS) is 14.8. The number of benzene rings is 2. The van der Waals surface area contributed by atoms with Crippen molar-refractivity contribution in [2.24, 2.45) is 5.73 Å². The van der Waals surface area contributed by atoms with Crippen LogP contribution in [0.25, 0.3) is 0 Å². The van der Waals surface area contributed by atoms with Gasteiger partial charge in [0.1, 0.15) is 11.5 Å². The number of nitrogens with zero attached hydrogens (tertiary/aromatic N) is 1. The third kappa shape index (κ3) is 4.60. The van der Waals surface area contributed by atoms with Crippen LogP contribution < -0.4 is 10.5 Å². The molecule has 0 aromatic heterocycles. The number of carbonyl (C=O) groups is 1. The Morgan fingerprint density at radius 2 is 1.60 bits per heavy atom. The minimum atomic E-state index is -0.432. The molecule has 0 heterocycles. The van der Waals surface area contributed by atoms with E-state index in [-0.39, 0.29) is 0 Å². The molecule has 25 heavy (non-hydrogen) atoms. The molecule has 0 unspecified atom stereocenters. The summed E-state index contributed by atoms with van der Waals surface area (Å²) in [4.78, 5) is 13.7. The van der Waals surface area contributed by atoms with Gasteiger partial charge in [-0.25, -0.2) is 0 Å². The number of carbonyl (C=O) groups excluding carboxylic acids is 1. The monoisotopic (exact) mass is 338 g/mol. The van der Waals surface area contributed by atoms with E-state index in [1.807, 2.05) is 12.1 Å². The number of primary amides is 1. The lowest BCUT2D eigenvalue weighted by molar-refractivity contribution is 0.100. The lowest BCUT2D eigenvalue weighted by atomic mass is 10.1. The molecule has 0 radical (unpaired) electrons. The van der Waals surface area contributed by atoms with Crippen LogP contribution in [0.4, 0.5) is 0 Å². The van der Waals surface area contributed by atoms with Gasteiger partial charge in [-0.3, -0.25) is 9.69 Å². The fourth-order valence-corrected chi connectivity index (χ4v) is 3.49. The van der Waals surface area contributed by atoms with Crippen LogP contribution in [0.15, 0.2) is 48.5 Å². The van der Waals surface area contributed by atoms with Crippen molar-refractivity contribution in [1.29, 1.82) is 0 Å². The smallest absolute Gasteiger partial charge is 0.248 e. The first-order valence-electron chi connectivity index (χ1n) is 9.06. The molecule has 2 aromatic rings.